The summed E-state index contributed by atoms with van der Waals surface area (Å²) in [6.45, 7) is 4.38. The van der Waals surface area contributed by atoms with E-state index in [2.05, 4.69) is 31.3 Å². The predicted octanol–water partition coefficient (Wildman–Crippen LogP) is 3.77. The van der Waals surface area contributed by atoms with E-state index in [0.29, 0.717) is 23.6 Å². The summed E-state index contributed by atoms with van der Waals surface area (Å²) in [7, 11) is 3.41. The molecule has 0 spiro atoms. The third-order valence-corrected chi connectivity index (χ3v) is 3.83. The summed E-state index contributed by atoms with van der Waals surface area (Å²) in [5.74, 6) is 0.439. The quantitative estimate of drug-likeness (QED) is 0.872. The van der Waals surface area contributed by atoms with Crippen LogP contribution in [-0.2, 0) is 17.6 Å². The molecule has 0 saturated carbocycles. The number of rotatable bonds is 6. The molecule has 2 aromatic carbocycles. The molecule has 2 rings (SSSR count). The molecule has 0 atom stereocenters. The highest BCUT2D eigenvalue weighted by Gasteiger charge is 2.10. The molecule has 1 N–H and O–H groups in total. The van der Waals surface area contributed by atoms with Crippen LogP contribution < -0.4 is 5.32 Å². The number of hydrogen-bond donors (Lipinski definition) is 1. The second-order valence-corrected chi connectivity index (χ2v) is 6.92. The Morgan fingerprint density at radius 2 is 1.64 bits per heavy atom. The number of hydrogen-bond acceptors (Lipinski definition) is 2. The zero-order valence-electron chi connectivity index (χ0n) is 15.4. The van der Waals surface area contributed by atoms with Gasteiger partial charge in [-0.2, -0.15) is 0 Å². The molecular formula is C21H26N2O2. The summed E-state index contributed by atoms with van der Waals surface area (Å²) >= 11 is 0. The summed E-state index contributed by atoms with van der Waals surface area (Å²) in [5.41, 5.74) is 3.45. The van der Waals surface area contributed by atoms with Gasteiger partial charge in [0.1, 0.15) is 0 Å². The van der Waals surface area contributed by atoms with Gasteiger partial charge >= 0.3 is 0 Å². The van der Waals surface area contributed by atoms with Crippen molar-refractivity contribution in [2.24, 2.45) is 5.92 Å². The van der Waals surface area contributed by atoms with Crippen molar-refractivity contribution >= 4 is 17.5 Å². The lowest BCUT2D eigenvalue weighted by Gasteiger charge is -2.12. The molecule has 4 nitrogen and oxygen atoms in total. The van der Waals surface area contributed by atoms with Crippen molar-refractivity contribution in [1.29, 1.82) is 0 Å². The summed E-state index contributed by atoms with van der Waals surface area (Å²) in [4.78, 5) is 25.8. The van der Waals surface area contributed by atoms with E-state index < -0.39 is 0 Å². The molecule has 0 radical (unpaired) electrons. The van der Waals surface area contributed by atoms with Crippen molar-refractivity contribution in [2.75, 3.05) is 19.4 Å². The minimum Gasteiger partial charge on any atom is -0.345 e. The molecule has 0 saturated heterocycles. The van der Waals surface area contributed by atoms with Crippen molar-refractivity contribution < 1.29 is 9.59 Å². The van der Waals surface area contributed by atoms with E-state index in [0.717, 1.165) is 12.0 Å². The first kappa shape index (κ1) is 18.7. The van der Waals surface area contributed by atoms with Crippen LogP contribution in [0.4, 0.5) is 5.69 Å². The number of carbonyl (C=O) groups is 2. The number of carbonyl (C=O) groups excluding carboxylic acids is 2. The molecule has 0 aliphatic carbocycles. The Kier molecular flexibility index (Phi) is 6.34. The Labute approximate surface area is 149 Å². The van der Waals surface area contributed by atoms with Crippen LogP contribution in [0.25, 0.3) is 0 Å². The predicted molar refractivity (Wildman–Crippen MR) is 102 cm³/mol. The largest absolute Gasteiger partial charge is 0.345 e. The van der Waals surface area contributed by atoms with Crippen LogP contribution in [0.5, 0.6) is 0 Å². The fourth-order valence-electron chi connectivity index (χ4n) is 2.64. The van der Waals surface area contributed by atoms with E-state index in [9.17, 15) is 9.59 Å². The van der Waals surface area contributed by atoms with Gasteiger partial charge in [0.15, 0.2) is 0 Å². The molecule has 25 heavy (non-hydrogen) atoms. The van der Waals surface area contributed by atoms with Crippen LogP contribution in [0.1, 0.15) is 35.3 Å². The Morgan fingerprint density at radius 3 is 2.24 bits per heavy atom. The molecule has 132 valence electrons. The van der Waals surface area contributed by atoms with Crippen molar-refractivity contribution in [3.05, 3.63) is 65.2 Å². The Hall–Kier alpha value is -2.62. The maximum atomic E-state index is 12.3. The summed E-state index contributed by atoms with van der Waals surface area (Å²) in [5, 5.41) is 2.86. The van der Waals surface area contributed by atoms with Crippen LogP contribution >= 0.6 is 0 Å². The number of amides is 2. The van der Waals surface area contributed by atoms with Gasteiger partial charge in [-0.1, -0.05) is 44.2 Å². The van der Waals surface area contributed by atoms with Crippen molar-refractivity contribution in [3.8, 4) is 0 Å². The SMILES string of the molecule is CC(C)Cc1ccc(CC(=O)Nc2cccc(C(=O)N(C)C)c2)cc1. The molecular weight excluding hydrogens is 312 g/mol. The van der Waals surface area contributed by atoms with E-state index >= 15 is 0 Å². The van der Waals surface area contributed by atoms with Gasteiger partial charge in [-0.3, -0.25) is 9.59 Å². The highest BCUT2D eigenvalue weighted by atomic mass is 16.2. The molecule has 4 heteroatoms. The second kappa shape index (κ2) is 8.47. The molecule has 2 amide bonds. The maximum Gasteiger partial charge on any atom is 0.253 e. The van der Waals surface area contributed by atoms with Gasteiger partial charge < -0.3 is 10.2 Å². The lowest BCUT2D eigenvalue weighted by Crippen LogP contribution is -2.22. The molecule has 0 aromatic heterocycles. The highest BCUT2D eigenvalue weighted by Crippen LogP contribution is 2.14. The molecule has 0 unspecified atom stereocenters. The first-order valence-electron chi connectivity index (χ1n) is 8.54. The fraction of sp³-hybridized carbons (Fsp3) is 0.333. The molecule has 0 fully saturated rings. The first-order valence-corrected chi connectivity index (χ1v) is 8.54. The van der Waals surface area contributed by atoms with Gasteiger partial charge in [0, 0.05) is 25.3 Å². The van der Waals surface area contributed by atoms with Crippen LogP contribution in [0.2, 0.25) is 0 Å². The zero-order chi connectivity index (χ0) is 18.4. The third-order valence-electron chi connectivity index (χ3n) is 3.83. The summed E-state index contributed by atoms with van der Waals surface area (Å²) < 4.78 is 0. The van der Waals surface area contributed by atoms with Crippen LogP contribution in [0.15, 0.2) is 48.5 Å². The highest BCUT2D eigenvalue weighted by molar-refractivity contribution is 5.97. The maximum absolute atomic E-state index is 12.3. The second-order valence-electron chi connectivity index (χ2n) is 6.92. The van der Waals surface area contributed by atoms with E-state index in [1.807, 2.05) is 12.1 Å². The van der Waals surface area contributed by atoms with E-state index in [1.165, 1.54) is 10.5 Å². The lowest BCUT2D eigenvalue weighted by atomic mass is 10.0. The Balaban J connectivity index is 1.98. The average molecular weight is 338 g/mol. The van der Waals surface area contributed by atoms with Crippen LogP contribution in [0.3, 0.4) is 0 Å². The molecule has 0 aliphatic heterocycles. The van der Waals surface area contributed by atoms with Gasteiger partial charge in [-0.25, -0.2) is 0 Å². The number of nitrogens with one attached hydrogen (secondary N) is 1. The molecule has 0 aliphatic rings. The summed E-state index contributed by atoms with van der Waals surface area (Å²) in [6.07, 6.45) is 1.35. The monoisotopic (exact) mass is 338 g/mol. The van der Waals surface area contributed by atoms with Crippen LogP contribution in [0, 0.1) is 5.92 Å². The van der Waals surface area contributed by atoms with E-state index in [-0.39, 0.29) is 11.8 Å². The number of nitrogens with zero attached hydrogens (tertiary/aromatic N) is 1. The third kappa shape index (κ3) is 5.75. The van der Waals surface area contributed by atoms with Crippen molar-refractivity contribution in [2.45, 2.75) is 26.7 Å². The lowest BCUT2D eigenvalue weighted by molar-refractivity contribution is -0.115. The van der Waals surface area contributed by atoms with Crippen molar-refractivity contribution in [3.63, 3.8) is 0 Å². The molecule has 0 bridgehead atoms. The average Bonchev–Trinajstić information content (AvgIpc) is 2.55. The Morgan fingerprint density at radius 1 is 1.00 bits per heavy atom. The minimum absolute atomic E-state index is 0.0863. The topological polar surface area (TPSA) is 49.4 Å². The Bertz CT molecular complexity index is 734. The van der Waals surface area contributed by atoms with E-state index in [4.69, 9.17) is 0 Å². The first-order chi connectivity index (χ1) is 11.8. The van der Waals surface area contributed by atoms with Crippen molar-refractivity contribution in [1.82, 2.24) is 4.90 Å². The normalized spacial score (nSPS) is 10.6. The summed E-state index contributed by atoms with van der Waals surface area (Å²) in [6, 6.07) is 15.2. The zero-order valence-corrected chi connectivity index (χ0v) is 15.4. The minimum atomic E-state index is -0.0916. The van der Waals surface area contributed by atoms with Gasteiger partial charge in [-0.15, -0.1) is 0 Å². The fourth-order valence-corrected chi connectivity index (χ4v) is 2.64. The van der Waals surface area contributed by atoms with Gasteiger partial charge in [0.2, 0.25) is 5.91 Å². The molecule has 0 heterocycles. The van der Waals surface area contributed by atoms with Gasteiger partial charge in [0.05, 0.1) is 6.42 Å². The standard InChI is InChI=1S/C21H26N2O2/c1-15(2)12-16-8-10-17(11-9-16)13-20(24)22-19-7-5-6-18(14-19)21(25)23(3)4/h5-11,14-15H,12-13H2,1-4H3,(H,22,24). The van der Waals surface area contributed by atoms with Gasteiger partial charge in [0.25, 0.3) is 5.91 Å². The van der Waals surface area contributed by atoms with E-state index in [1.54, 1.807) is 38.4 Å². The number of benzene rings is 2. The molecule has 2 aromatic rings. The van der Waals surface area contributed by atoms with Gasteiger partial charge in [-0.05, 0) is 41.7 Å². The van der Waals surface area contributed by atoms with Crippen LogP contribution in [-0.4, -0.2) is 30.8 Å². The smallest absolute Gasteiger partial charge is 0.253 e. The number of anilines is 1.